The smallest absolute Gasteiger partial charge is 0.255 e. The number of anilines is 1. The van der Waals surface area contributed by atoms with Crippen LogP contribution in [0.5, 0.6) is 0 Å². The number of fused-ring (bicyclic) bond motifs is 3. The molecule has 1 N–H and O–H groups in total. The van der Waals surface area contributed by atoms with Crippen molar-refractivity contribution >= 4 is 37.8 Å². The summed E-state index contributed by atoms with van der Waals surface area (Å²) in [5, 5.41) is 2.52. The lowest BCUT2D eigenvalue weighted by Crippen LogP contribution is -2.12. The van der Waals surface area contributed by atoms with Crippen LogP contribution in [0, 0.1) is 0 Å². The molecule has 2 heterocycles. The highest BCUT2D eigenvalue weighted by atomic mass is 32.2. The molecular weight excluding hydrogens is 372 g/mol. The number of thiazole rings is 1. The summed E-state index contributed by atoms with van der Waals surface area (Å²) in [5.41, 5.74) is 3.23. The molecule has 0 saturated carbocycles. The number of hydrogen-bond donors (Lipinski definition) is 1. The summed E-state index contributed by atoms with van der Waals surface area (Å²) < 4.78 is 27.9. The minimum absolute atomic E-state index is 0.275. The Morgan fingerprint density at radius 1 is 1.12 bits per heavy atom. The molecule has 130 valence electrons. The number of rotatable bonds is 5. The van der Waals surface area contributed by atoms with E-state index in [0.717, 1.165) is 47.4 Å². The average Bonchev–Trinajstić information content (AvgIpc) is 3.20. The number of benzene rings is 1. The molecule has 0 aliphatic heterocycles. The fraction of sp³-hybridized carbons (Fsp3) is 0.278. The van der Waals surface area contributed by atoms with Crippen LogP contribution in [0.2, 0.25) is 0 Å². The Bertz CT molecular complexity index is 1000. The van der Waals surface area contributed by atoms with E-state index in [1.54, 1.807) is 23.5 Å². The Kier molecular flexibility index (Phi) is 4.39. The lowest BCUT2D eigenvalue weighted by Gasteiger charge is -2.08. The zero-order chi connectivity index (χ0) is 17.4. The lowest BCUT2D eigenvalue weighted by molar-refractivity contribution is 0.601. The maximum Gasteiger partial charge on any atom is 0.263 e. The molecule has 1 aromatic carbocycles. The second kappa shape index (κ2) is 6.55. The number of hydrogen-bond acceptors (Lipinski definition) is 5. The summed E-state index contributed by atoms with van der Waals surface area (Å²) in [7, 11) is -3.61. The van der Waals surface area contributed by atoms with Gasteiger partial charge in [0.2, 0.25) is 0 Å². The molecule has 0 saturated heterocycles. The molecule has 4 nitrogen and oxygen atoms in total. The van der Waals surface area contributed by atoms with Gasteiger partial charge in [0, 0.05) is 15.3 Å². The average molecular weight is 391 g/mol. The Morgan fingerprint density at radius 2 is 1.88 bits per heavy atom. The molecule has 3 aromatic rings. The van der Waals surface area contributed by atoms with Gasteiger partial charge in [0.15, 0.2) is 5.13 Å². The van der Waals surface area contributed by atoms with Crippen molar-refractivity contribution in [1.29, 1.82) is 0 Å². The molecule has 0 radical (unpaired) electrons. The number of sulfonamides is 1. The number of nitrogens with one attached hydrogen (secondary N) is 1. The van der Waals surface area contributed by atoms with Crippen molar-refractivity contribution in [2.75, 3.05) is 4.72 Å². The molecule has 0 fully saturated rings. The van der Waals surface area contributed by atoms with Crippen molar-refractivity contribution in [3.05, 3.63) is 51.0 Å². The van der Waals surface area contributed by atoms with Crippen LogP contribution in [0.15, 0.2) is 40.6 Å². The first-order valence-corrected chi connectivity index (χ1v) is 11.4. The Hall–Kier alpha value is -1.70. The fourth-order valence-electron chi connectivity index (χ4n) is 3.05. The summed E-state index contributed by atoms with van der Waals surface area (Å²) in [4.78, 5) is 7.32. The van der Waals surface area contributed by atoms with E-state index in [9.17, 15) is 8.42 Å². The van der Waals surface area contributed by atoms with E-state index in [2.05, 4.69) is 28.1 Å². The highest BCUT2D eigenvalue weighted by Crippen LogP contribution is 2.40. The second-order valence-corrected chi connectivity index (χ2v) is 9.81. The largest absolute Gasteiger partial charge is 0.263 e. The minimum Gasteiger partial charge on any atom is -0.255 e. The third kappa shape index (κ3) is 3.23. The molecule has 7 heteroatoms. The first kappa shape index (κ1) is 16.8. The lowest BCUT2D eigenvalue weighted by atomic mass is 10.0. The molecule has 25 heavy (non-hydrogen) atoms. The van der Waals surface area contributed by atoms with Gasteiger partial charge in [-0.25, -0.2) is 13.4 Å². The van der Waals surface area contributed by atoms with Gasteiger partial charge < -0.3 is 0 Å². The van der Waals surface area contributed by atoms with Gasteiger partial charge in [0.05, 0.1) is 10.6 Å². The third-order valence-corrected chi connectivity index (χ3v) is 7.77. The molecule has 0 bridgehead atoms. The standard InChI is InChI=1S/C18H18N2O2S3/c1-2-3-12-4-6-13(7-5-12)25(21,22)20-18-19-17-14-10-11-23-15(14)8-9-16(17)24-18/h4-7,10-11H,2-3,8-9H2,1H3,(H,19,20). The van der Waals surface area contributed by atoms with Crippen molar-refractivity contribution < 1.29 is 8.42 Å². The van der Waals surface area contributed by atoms with Gasteiger partial charge in [-0.15, -0.1) is 22.7 Å². The molecule has 0 atom stereocenters. The number of nitrogens with zero attached hydrogens (tertiary/aromatic N) is 1. The zero-order valence-electron chi connectivity index (χ0n) is 13.8. The van der Waals surface area contributed by atoms with Crippen LogP contribution in [-0.2, 0) is 29.3 Å². The summed E-state index contributed by atoms with van der Waals surface area (Å²) >= 11 is 3.18. The quantitative estimate of drug-likeness (QED) is 0.685. The Labute approximate surface area is 155 Å². The number of aryl methyl sites for hydroxylation is 3. The molecular formula is C18H18N2O2S3. The van der Waals surface area contributed by atoms with E-state index < -0.39 is 10.0 Å². The van der Waals surface area contributed by atoms with E-state index in [1.165, 1.54) is 16.2 Å². The van der Waals surface area contributed by atoms with E-state index >= 15 is 0 Å². The molecule has 0 amide bonds. The summed E-state index contributed by atoms with van der Waals surface area (Å²) in [6.07, 6.45) is 3.93. The van der Waals surface area contributed by atoms with Crippen molar-refractivity contribution in [3.8, 4) is 11.3 Å². The van der Waals surface area contributed by atoms with Gasteiger partial charge in [0.25, 0.3) is 10.0 Å². The van der Waals surface area contributed by atoms with Gasteiger partial charge in [-0.1, -0.05) is 25.5 Å². The van der Waals surface area contributed by atoms with Gasteiger partial charge >= 0.3 is 0 Å². The maximum absolute atomic E-state index is 12.6. The highest BCUT2D eigenvalue weighted by molar-refractivity contribution is 7.93. The third-order valence-electron chi connectivity index (χ3n) is 4.27. The first-order chi connectivity index (χ1) is 12.1. The van der Waals surface area contributed by atoms with Gasteiger partial charge in [-0.3, -0.25) is 4.72 Å². The molecule has 1 aliphatic carbocycles. The van der Waals surface area contributed by atoms with E-state index in [0.29, 0.717) is 5.13 Å². The van der Waals surface area contributed by atoms with Gasteiger partial charge in [0.1, 0.15) is 0 Å². The van der Waals surface area contributed by atoms with Crippen LogP contribution in [0.3, 0.4) is 0 Å². The Morgan fingerprint density at radius 3 is 2.64 bits per heavy atom. The summed E-state index contributed by atoms with van der Waals surface area (Å²) in [6, 6.07) is 9.16. The monoisotopic (exact) mass is 390 g/mol. The topological polar surface area (TPSA) is 59.1 Å². The first-order valence-electron chi connectivity index (χ1n) is 8.25. The van der Waals surface area contributed by atoms with Crippen molar-refractivity contribution in [3.63, 3.8) is 0 Å². The van der Waals surface area contributed by atoms with Crippen LogP contribution in [0.4, 0.5) is 5.13 Å². The predicted octanol–water partition coefficient (Wildman–Crippen LogP) is 4.72. The molecule has 2 aromatic heterocycles. The Balaban J connectivity index is 1.60. The highest BCUT2D eigenvalue weighted by Gasteiger charge is 2.24. The van der Waals surface area contributed by atoms with Crippen LogP contribution >= 0.6 is 22.7 Å². The summed E-state index contributed by atoms with van der Waals surface area (Å²) in [5.74, 6) is 0. The van der Waals surface area contributed by atoms with Crippen molar-refractivity contribution in [2.24, 2.45) is 0 Å². The van der Waals surface area contributed by atoms with Crippen LogP contribution < -0.4 is 4.72 Å². The molecule has 0 unspecified atom stereocenters. The van der Waals surface area contributed by atoms with Crippen molar-refractivity contribution in [2.45, 2.75) is 37.5 Å². The van der Waals surface area contributed by atoms with E-state index in [1.807, 2.05) is 12.1 Å². The van der Waals surface area contributed by atoms with Crippen LogP contribution in [0.1, 0.15) is 28.7 Å². The van der Waals surface area contributed by atoms with Gasteiger partial charge in [-0.2, -0.15) is 0 Å². The second-order valence-electron chi connectivity index (χ2n) is 6.05. The van der Waals surface area contributed by atoms with Crippen molar-refractivity contribution in [1.82, 2.24) is 4.98 Å². The zero-order valence-corrected chi connectivity index (χ0v) is 16.2. The van der Waals surface area contributed by atoms with E-state index in [4.69, 9.17) is 0 Å². The SMILES string of the molecule is CCCc1ccc(S(=O)(=O)Nc2nc3c(s2)CCc2sccc2-3)cc1. The maximum atomic E-state index is 12.6. The number of aromatic nitrogens is 1. The predicted molar refractivity (Wildman–Crippen MR) is 104 cm³/mol. The summed E-state index contributed by atoms with van der Waals surface area (Å²) in [6.45, 7) is 2.11. The molecule has 4 rings (SSSR count). The van der Waals surface area contributed by atoms with Gasteiger partial charge in [-0.05, 0) is 48.4 Å². The van der Waals surface area contributed by atoms with E-state index in [-0.39, 0.29) is 4.90 Å². The molecule has 1 aliphatic rings. The fourth-order valence-corrected chi connectivity index (χ4v) is 6.14. The van der Waals surface area contributed by atoms with Crippen LogP contribution in [-0.4, -0.2) is 13.4 Å². The normalized spacial score (nSPS) is 13.3. The molecule has 0 spiro atoms. The number of thiophene rings is 1. The minimum atomic E-state index is -3.61. The van der Waals surface area contributed by atoms with Crippen LogP contribution in [0.25, 0.3) is 11.3 Å².